The second kappa shape index (κ2) is 12.1. The van der Waals surface area contributed by atoms with Gasteiger partial charge < -0.3 is 10.4 Å². The number of hydrogen-bond donors (Lipinski definition) is 2. The van der Waals surface area contributed by atoms with Crippen molar-refractivity contribution < 1.29 is 9.90 Å². The molecule has 0 saturated carbocycles. The summed E-state index contributed by atoms with van der Waals surface area (Å²) in [6, 6.07) is 10.0. The average molecular weight is 319 g/mol. The summed E-state index contributed by atoms with van der Waals surface area (Å²) in [6.07, 6.45) is 8.69. The van der Waals surface area contributed by atoms with Crippen LogP contribution in [-0.2, 0) is 4.79 Å². The molecule has 0 aliphatic heterocycles. The molecule has 2 atom stereocenters. The zero-order chi connectivity index (χ0) is 16.9. The van der Waals surface area contributed by atoms with Crippen molar-refractivity contribution in [3.63, 3.8) is 0 Å². The summed E-state index contributed by atoms with van der Waals surface area (Å²) < 4.78 is 0. The van der Waals surface area contributed by atoms with Gasteiger partial charge in [-0.1, -0.05) is 69.4 Å². The molecule has 3 nitrogen and oxygen atoms in total. The molecule has 2 N–H and O–H groups in total. The molecule has 1 rings (SSSR count). The molecule has 0 aliphatic rings. The van der Waals surface area contributed by atoms with Crippen molar-refractivity contribution in [1.29, 1.82) is 0 Å². The van der Waals surface area contributed by atoms with Crippen LogP contribution in [0, 0.1) is 0 Å². The number of aliphatic hydroxyl groups excluding tert-OH is 1. The highest BCUT2D eigenvalue weighted by Crippen LogP contribution is 2.13. The van der Waals surface area contributed by atoms with Crippen molar-refractivity contribution in [2.45, 2.75) is 83.8 Å². The van der Waals surface area contributed by atoms with Crippen molar-refractivity contribution in [2.24, 2.45) is 0 Å². The van der Waals surface area contributed by atoms with Gasteiger partial charge in [0.05, 0.1) is 12.1 Å². The summed E-state index contributed by atoms with van der Waals surface area (Å²) >= 11 is 0. The molecule has 0 bridgehead atoms. The average Bonchev–Trinajstić information content (AvgIpc) is 2.55. The van der Waals surface area contributed by atoms with Crippen LogP contribution in [0.1, 0.15) is 83.2 Å². The summed E-state index contributed by atoms with van der Waals surface area (Å²) in [5, 5.41) is 13.0. The third kappa shape index (κ3) is 9.39. The lowest BCUT2D eigenvalue weighted by Gasteiger charge is -2.15. The van der Waals surface area contributed by atoms with E-state index in [9.17, 15) is 9.90 Å². The number of unbranched alkanes of at least 4 members (excludes halogenated alkanes) is 4. The standard InChI is InChI=1S/C20H33NO2/c1-3-4-5-6-10-14-19(22)15-11-16-20(23)21-17(2)18-12-8-7-9-13-18/h7-9,12-13,17,19,22H,3-6,10-11,14-16H2,1-2H3,(H,21,23). The Morgan fingerprint density at radius 1 is 1.04 bits per heavy atom. The summed E-state index contributed by atoms with van der Waals surface area (Å²) in [5.41, 5.74) is 1.12. The molecule has 0 heterocycles. The first kappa shape index (κ1) is 19.7. The Labute approximate surface area is 141 Å². The summed E-state index contributed by atoms with van der Waals surface area (Å²) in [7, 11) is 0. The molecule has 2 unspecified atom stereocenters. The van der Waals surface area contributed by atoms with Crippen molar-refractivity contribution in [3.05, 3.63) is 35.9 Å². The first-order chi connectivity index (χ1) is 11.1. The van der Waals surface area contributed by atoms with E-state index in [-0.39, 0.29) is 18.1 Å². The van der Waals surface area contributed by atoms with Gasteiger partial charge in [0.25, 0.3) is 0 Å². The predicted molar refractivity (Wildman–Crippen MR) is 96.2 cm³/mol. The largest absolute Gasteiger partial charge is 0.393 e. The van der Waals surface area contributed by atoms with E-state index in [1.807, 2.05) is 37.3 Å². The topological polar surface area (TPSA) is 49.3 Å². The van der Waals surface area contributed by atoms with E-state index in [1.54, 1.807) is 0 Å². The smallest absolute Gasteiger partial charge is 0.220 e. The molecule has 0 radical (unpaired) electrons. The van der Waals surface area contributed by atoms with Gasteiger partial charge >= 0.3 is 0 Å². The Morgan fingerprint density at radius 2 is 1.70 bits per heavy atom. The van der Waals surface area contributed by atoms with Gasteiger partial charge in [0.1, 0.15) is 0 Å². The van der Waals surface area contributed by atoms with Gasteiger partial charge in [0.15, 0.2) is 0 Å². The summed E-state index contributed by atoms with van der Waals surface area (Å²) in [6.45, 7) is 4.21. The zero-order valence-electron chi connectivity index (χ0n) is 14.8. The van der Waals surface area contributed by atoms with E-state index in [4.69, 9.17) is 0 Å². The Balaban J connectivity index is 2.09. The van der Waals surface area contributed by atoms with Crippen LogP contribution in [0.15, 0.2) is 30.3 Å². The van der Waals surface area contributed by atoms with Gasteiger partial charge in [-0.2, -0.15) is 0 Å². The minimum Gasteiger partial charge on any atom is -0.393 e. The molecule has 130 valence electrons. The first-order valence-electron chi connectivity index (χ1n) is 9.15. The van der Waals surface area contributed by atoms with Crippen LogP contribution >= 0.6 is 0 Å². The van der Waals surface area contributed by atoms with Gasteiger partial charge in [0, 0.05) is 6.42 Å². The van der Waals surface area contributed by atoms with Gasteiger partial charge in [-0.05, 0) is 31.7 Å². The SMILES string of the molecule is CCCCCCCC(O)CCCC(=O)NC(C)c1ccccc1. The Morgan fingerprint density at radius 3 is 2.39 bits per heavy atom. The van der Waals surface area contributed by atoms with E-state index in [0.717, 1.165) is 31.2 Å². The third-order valence-corrected chi connectivity index (χ3v) is 4.26. The molecule has 3 heteroatoms. The predicted octanol–water partition coefficient (Wildman–Crippen LogP) is 4.76. The van der Waals surface area contributed by atoms with Gasteiger partial charge in [-0.3, -0.25) is 4.79 Å². The molecule has 0 aromatic heterocycles. The van der Waals surface area contributed by atoms with Crippen LogP contribution in [0.3, 0.4) is 0 Å². The number of rotatable bonds is 12. The quantitative estimate of drug-likeness (QED) is 0.546. The van der Waals surface area contributed by atoms with Crippen LogP contribution in [-0.4, -0.2) is 17.1 Å². The monoisotopic (exact) mass is 319 g/mol. The zero-order valence-corrected chi connectivity index (χ0v) is 14.8. The molecule has 0 saturated heterocycles. The van der Waals surface area contributed by atoms with Crippen molar-refractivity contribution in [2.75, 3.05) is 0 Å². The van der Waals surface area contributed by atoms with Crippen LogP contribution < -0.4 is 5.32 Å². The van der Waals surface area contributed by atoms with E-state index >= 15 is 0 Å². The molecular weight excluding hydrogens is 286 g/mol. The number of hydrogen-bond acceptors (Lipinski definition) is 2. The summed E-state index contributed by atoms with van der Waals surface area (Å²) in [5.74, 6) is 0.0662. The molecule has 1 aromatic carbocycles. The Kier molecular flexibility index (Phi) is 10.4. The fourth-order valence-electron chi connectivity index (χ4n) is 2.76. The lowest BCUT2D eigenvalue weighted by atomic mass is 10.0. The maximum atomic E-state index is 11.9. The van der Waals surface area contributed by atoms with Crippen LogP contribution in [0.5, 0.6) is 0 Å². The number of carbonyl (C=O) groups excluding carboxylic acids is 1. The molecule has 0 fully saturated rings. The van der Waals surface area contributed by atoms with E-state index < -0.39 is 0 Å². The number of benzene rings is 1. The van der Waals surface area contributed by atoms with Crippen LogP contribution in [0.4, 0.5) is 0 Å². The van der Waals surface area contributed by atoms with Crippen LogP contribution in [0.25, 0.3) is 0 Å². The second-order valence-corrected chi connectivity index (χ2v) is 6.45. The van der Waals surface area contributed by atoms with E-state index in [1.165, 1.54) is 25.7 Å². The summed E-state index contributed by atoms with van der Waals surface area (Å²) in [4.78, 5) is 11.9. The highest BCUT2D eigenvalue weighted by atomic mass is 16.3. The minimum atomic E-state index is -0.254. The number of nitrogens with one attached hydrogen (secondary N) is 1. The molecule has 0 aliphatic carbocycles. The lowest BCUT2D eigenvalue weighted by molar-refractivity contribution is -0.121. The van der Waals surface area contributed by atoms with E-state index in [0.29, 0.717) is 6.42 Å². The molecule has 1 aromatic rings. The van der Waals surface area contributed by atoms with Crippen molar-refractivity contribution in [3.8, 4) is 0 Å². The van der Waals surface area contributed by atoms with Gasteiger partial charge in [0.2, 0.25) is 5.91 Å². The van der Waals surface area contributed by atoms with Crippen LogP contribution in [0.2, 0.25) is 0 Å². The minimum absolute atomic E-state index is 0.0344. The lowest BCUT2D eigenvalue weighted by Crippen LogP contribution is -2.26. The Bertz CT molecular complexity index is 419. The number of aliphatic hydroxyl groups is 1. The highest BCUT2D eigenvalue weighted by molar-refractivity contribution is 5.76. The van der Waals surface area contributed by atoms with Gasteiger partial charge in [-0.15, -0.1) is 0 Å². The molecular formula is C20H33NO2. The highest BCUT2D eigenvalue weighted by Gasteiger charge is 2.10. The van der Waals surface area contributed by atoms with Gasteiger partial charge in [-0.25, -0.2) is 0 Å². The first-order valence-corrected chi connectivity index (χ1v) is 9.15. The maximum absolute atomic E-state index is 11.9. The van der Waals surface area contributed by atoms with Crippen molar-refractivity contribution >= 4 is 5.91 Å². The number of carbonyl (C=O) groups is 1. The van der Waals surface area contributed by atoms with Crippen molar-refractivity contribution in [1.82, 2.24) is 5.32 Å². The molecule has 1 amide bonds. The molecule has 23 heavy (non-hydrogen) atoms. The maximum Gasteiger partial charge on any atom is 0.220 e. The fourth-order valence-corrected chi connectivity index (χ4v) is 2.76. The molecule has 0 spiro atoms. The fraction of sp³-hybridized carbons (Fsp3) is 0.650. The second-order valence-electron chi connectivity index (χ2n) is 6.45. The third-order valence-electron chi connectivity index (χ3n) is 4.26. The normalized spacial score (nSPS) is 13.5. The Hall–Kier alpha value is -1.35. The van der Waals surface area contributed by atoms with E-state index in [2.05, 4.69) is 12.2 Å². The number of amides is 1.